The van der Waals surface area contributed by atoms with E-state index in [0.29, 0.717) is 5.82 Å². The molecule has 10 heavy (non-hydrogen) atoms. The topological polar surface area (TPSA) is 80.5 Å². The van der Waals surface area contributed by atoms with Crippen LogP contribution in [0.1, 0.15) is 0 Å². The fourth-order valence-electron chi connectivity index (χ4n) is 0.552. The first-order chi connectivity index (χ1) is 4.97. The third-order valence-electron chi connectivity index (χ3n) is 0.930. The molecule has 0 bridgehead atoms. The minimum atomic E-state index is 0.265. The van der Waals surface area contributed by atoms with Crippen LogP contribution in [0.25, 0.3) is 11.7 Å². The first-order valence-corrected chi connectivity index (χ1v) is 2.52. The van der Waals surface area contributed by atoms with Gasteiger partial charge in [-0.15, -0.1) is 15.3 Å². The second kappa shape index (κ2) is 1.90. The highest BCUT2D eigenvalue weighted by Crippen LogP contribution is 2.05. The second-order valence-electron chi connectivity index (χ2n) is 1.52. The maximum absolute atomic E-state index is 4.69. The van der Waals surface area contributed by atoms with Gasteiger partial charge < -0.3 is 4.42 Å². The molecule has 6 heteroatoms. The van der Waals surface area contributed by atoms with Crippen molar-refractivity contribution in [3.63, 3.8) is 0 Å². The van der Waals surface area contributed by atoms with Gasteiger partial charge in [-0.05, 0) is 0 Å². The average molecular weight is 136 g/mol. The molecule has 0 saturated carbocycles. The van der Waals surface area contributed by atoms with E-state index in [4.69, 9.17) is 0 Å². The SMILES string of the molecule is [c]1nnc(-c2nc[nH]n2)o1. The molecule has 0 aromatic carbocycles. The molecule has 0 fully saturated rings. The summed E-state index contributed by atoms with van der Waals surface area (Å²) in [6, 6.07) is 0. The lowest BCUT2D eigenvalue weighted by molar-refractivity contribution is 0.554. The number of H-pyrrole nitrogens is 1. The van der Waals surface area contributed by atoms with Gasteiger partial charge in [0.05, 0.1) is 0 Å². The molecule has 0 aliphatic carbocycles. The Hall–Kier alpha value is -1.72. The second-order valence-corrected chi connectivity index (χ2v) is 1.52. The normalized spacial score (nSPS) is 10.0. The fourth-order valence-corrected chi connectivity index (χ4v) is 0.552. The molecule has 2 rings (SSSR count). The van der Waals surface area contributed by atoms with Crippen LogP contribution in [0, 0.1) is 6.39 Å². The third-order valence-corrected chi connectivity index (χ3v) is 0.930. The molecule has 2 aromatic rings. The number of aromatic amines is 1. The van der Waals surface area contributed by atoms with E-state index < -0.39 is 0 Å². The average Bonchev–Trinajstić information content (AvgIpc) is 2.59. The van der Waals surface area contributed by atoms with Crippen LogP contribution in [-0.4, -0.2) is 25.4 Å². The molecule has 49 valence electrons. The van der Waals surface area contributed by atoms with Gasteiger partial charge in [-0.3, -0.25) is 5.10 Å². The minimum Gasteiger partial charge on any atom is -0.409 e. The summed E-state index contributed by atoms with van der Waals surface area (Å²) < 4.78 is 4.69. The van der Waals surface area contributed by atoms with Crippen LogP contribution in [0.2, 0.25) is 0 Å². The minimum absolute atomic E-state index is 0.265. The van der Waals surface area contributed by atoms with Gasteiger partial charge in [-0.25, -0.2) is 4.98 Å². The summed E-state index contributed by atoms with van der Waals surface area (Å²) in [6.45, 7) is 0. The Bertz CT molecular complexity index is 253. The van der Waals surface area contributed by atoms with E-state index in [-0.39, 0.29) is 5.89 Å². The summed E-state index contributed by atoms with van der Waals surface area (Å²) in [5.41, 5.74) is 0. The third kappa shape index (κ3) is 0.661. The highest BCUT2D eigenvalue weighted by atomic mass is 16.4. The Labute approximate surface area is 55.3 Å². The van der Waals surface area contributed by atoms with Crippen LogP contribution >= 0.6 is 0 Å². The van der Waals surface area contributed by atoms with Gasteiger partial charge in [0.15, 0.2) is 0 Å². The molecule has 0 amide bonds. The van der Waals surface area contributed by atoms with Gasteiger partial charge in [-0.2, -0.15) is 0 Å². The lowest BCUT2D eigenvalue weighted by Gasteiger charge is -1.77. The Kier molecular flexibility index (Phi) is 0.970. The smallest absolute Gasteiger partial charge is 0.306 e. The number of hydrogen-bond donors (Lipinski definition) is 1. The Morgan fingerprint density at radius 3 is 3.20 bits per heavy atom. The maximum atomic E-state index is 4.69. The number of hydrogen-bond acceptors (Lipinski definition) is 5. The summed E-state index contributed by atoms with van der Waals surface area (Å²) in [6.07, 6.45) is 3.62. The Morgan fingerprint density at radius 2 is 2.60 bits per heavy atom. The molecule has 0 saturated heterocycles. The van der Waals surface area contributed by atoms with Crippen LogP contribution in [0.5, 0.6) is 0 Å². The lowest BCUT2D eigenvalue weighted by Crippen LogP contribution is -1.79. The molecule has 1 N–H and O–H groups in total. The van der Waals surface area contributed by atoms with Gasteiger partial charge in [-0.1, -0.05) is 0 Å². The molecule has 0 spiro atoms. The number of nitrogens with one attached hydrogen (secondary N) is 1. The highest BCUT2D eigenvalue weighted by Gasteiger charge is 2.05. The van der Waals surface area contributed by atoms with Crippen molar-refractivity contribution in [2.24, 2.45) is 0 Å². The number of nitrogens with zero attached hydrogens (tertiary/aromatic N) is 4. The van der Waals surface area contributed by atoms with Gasteiger partial charge in [0.25, 0.3) is 5.89 Å². The van der Waals surface area contributed by atoms with Gasteiger partial charge in [0, 0.05) is 0 Å². The molecule has 0 unspecified atom stereocenters. The van der Waals surface area contributed by atoms with Crippen LogP contribution in [0.4, 0.5) is 0 Å². The standard InChI is InChI=1S/C4H2N5O/c1-5-3(8-6-1)4-9-7-2-10-4/h1H,(H,5,6,8). The van der Waals surface area contributed by atoms with Crippen molar-refractivity contribution < 1.29 is 4.42 Å². The van der Waals surface area contributed by atoms with Crippen molar-refractivity contribution in [3.05, 3.63) is 12.7 Å². The molecule has 2 aromatic heterocycles. The van der Waals surface area contributed by atoms with Crippen LogP contribution < -0.4 is 0 Å². The van der Waals surface area contributed by atoms with Crippen molar-refractivity contribution in [1.82, 2.24) is 25.4 Å². The highest BCUT2D eigenvalue weighted by molar-refractivity contribution is 5.35. The molecule has 6 nitrogen and oxygen atoms in total. The maximum Gasteiger partial charge on any atom is 0.306 e. The van der Waals surface area contributed by atoms with E-state index >= 15 is 0 Å². The predicted molar refractivity (Wildman–Crippen MR) is 28.5 cm³/mol. The number of rotatable bonds is 1. The van der Waals surface area contributed by atoms with E-state index in [1.807, 2.05) is 0 Å². The molecular formula is C4H2N5O. The molecule has 1 radical (unpaired) electrons. The summed E-state index contributed by atoms with van der Waals surface area (Å²) >= 11 is 0. The van der Waals surface area contributed by atoms with E-state index in [1.54, 1.807) is 0 Å². The van der Waals surface area contributed by atoms with Crippen molar-refractivity contribution in [2.45, 2.75) is 0 Å². The molecule has 2 heterocycles. The van der Waals surface area contributed by atoms with Crippen molar-refractivity contribution >= 4 is 0 Å². The zero-order valence-electron chi connectivity index (χ0n) is 4.77. The molecule has 0 aliphatic rings. The fraction of sp³-hybridized carbons (Fsp3) is 0. The Balaban J connectivity index is 2.48. The zero-order valence-corrected chi connectivity index (χ0v) is 4.77. The molecule has 0 atom stereocenters. The molecule has 0 aliphatic heterocycles. The van der Waals surface area contributed by atoms with Crippen molar-refractivity contribution in [2.75, 3.05) is 0 Å². The Morgan fingerprint density at radius 1 is 1.60 bits per heavy atom. The van der Waals surface area contributed by atoms with E-state index in [0.717, 1.165) is 0 Å². The van der Waals surface area contributed by atoms with E-state index in [2.05, 4.69) is 36.2 Å². The summed E-state index contributed by atoms with van der Waals surface area (Å²) in [4.78, 5) is 3.78. The quantitative estimate of drug-likeness (QED) is 0.579. The summed E-state index contributed by atoms with van der Waals surface area (Å²) in [5, 5.41) is 13.1. The van der Waals surface area contributed by atoms with Crippen LogP contribution in [-0.2, 0) is 0 Å². The summed E-state index contributed by atoms with van der Waals surface area (Å²) in [7, 11) is 0. The van der Waals surface area contributed by atoms with Crippen molar-refractivity contribution in [3.8, 4) is 11.7 Å². The molecular weight excluding hydrogens is 134 g/mol. The van der Waals surface area contributed by atoms with E-state index in [1.165, 1.54) is 6.33 Å². The van der Waals surface area contributed by atoms with Crippen LogP contribution in [0.3, 0.4) is 0 Å². The van der Waals surface area contributed by atoms with Gasteiger partial charge in [0.2, 0.25) is 5.82 Å². The first kappa shape index (κ1) is 5.10. The first-order valence-electron chi connectivity index (χ1n) is 2.52. The number of aromatic nitrogens is 5. The van der Waals surface area contributed by atoms with Crippen molar-refractivity contribution in [1.29, 1.82) is 0 Å². The zero-order chi connectivity index (χ0) is 6.81. The van der Waals surface area contributed by atoms with E-state index in [9.17, 15) is 0 Å². The lowest BCUT2D eigenvalue weighted by atomic mass is 10.6. The summed E-state index contributed by atoms with van der Waals surface area (Å²) in [5.74, 6) is 0.648. The monoisotopic (exact) mass is 136 g/mol. The predicted octanol–water partition coefficient (Wildman–Crippen LogP) is -0.345. The van der Waals surface area contributed by atoms with Gasteiger partial charge in [0.1, 0.15) is 6.33 Å². The van der Waals surface area contributed by atoms with Crippen LogP contribution in [0.15, 0.2) is 10.7 Å². The van der Waals surface area contributed by atoms with Gasteiger partial charge >= 0.3 is 6.39 Å². The largest absolute Gasteiger partial charge is 0.409 e.